The van der Waals surface area contributed by atoms with Crippen LogP contribution < -0.4 is 10.1 Å². The smallest absolute Gasteiger partial charge is 0.251 e. The Morgan fingerprint density at radius 1 is 0.968 bits per heavy atom. The van der Waals surface area contributed by atoms with E-state index in [1.165, 1.54) is 0 Å². The van der Waals surface area contributed by atoms with Gasteiger partial charge in [-0.1, -0.05) is 42.0 Å². The van der Waals surface area contributed by atoms with Gasteiger partial charge in [-0.05, 0) is 67.8 Å². The van der Waals surface area contributed by atoms with Crippen LogP contribution in [0.2, 0.25) is 0 Å². The van der Waals surface area contributed by atoms with Crippen LogP contribution in [0.1, 0.15) is 34.0 Å². The topological polar surface area (TPSA) is 72.5 Å². The number of nitrogens with one attached hydrogen (secondary N) is 1. The van der Waals surface area contributed by atoms with Crippen molar-refractivity contribution in [2.75, 3.05) is 7.11 Å². The molecule has 0 fully saturated rings. The maximum absolute atomic E-state index is 12.6. The summed E-state index contributed by atoms with van der Waals surface area (Å²) in [6.07, 6.45) is 0.676. The number of carbonyl (C=O) groups excluding carboxylic acids is 1. The van der Waals surface area contributed by atoms with Crippen LogP contribution in [0.25, 0.3) is 0 Å². The lowest BCUT2D eigenvalue weighted by molar-refractivity contribution is 0.0940. The second kappa shape index (κ2) is 9.79. The van der Waals surface area contributed by atoms with E-state index in [0.29, 0.717) is 22.4 Å². The normalized spacial score (nSPS) is 12.2. The predicted molar refractivity (Wildman–Crippen MR) is 122 cm³/mol. The van der Waals surface area contributed by atoms with Gasteiger partial charge in [0.25, 0.3) is 5.91 Å². The molecular formula is C25H27NO4S. The van der Waals surface area contributed by atoms with Crippen LogP contribution in [0.4, 0.5) is 0 Å². The molecule has 162 valence electrons. The zero-order valence-corrected chi connectivity index (χ0v) is 18.8. The summed E-state index contributed by atoms with van der Waals surface area (Å²) in [5, 5.41) is 2.98. The largest absolute Gasteiger partial charge is 0.497 e. The summed E-state index contributed by atoms with van der Waals surface area (Å²) < 4.78 is 30.5. The molecule has 0 saturated carbocycles. The lowest BCUT2D eigenvalue weighted by Gasteiger charge is -2.15. The highest BCUT2D eigenvalue weighted by Crippen LogP contribution is 2.18. The highest BCUT2D eigenvalue weighted by molar-refractivity contribution is 7.90. The Morgan fingerprint density at radius 3 is 2.29 bits per heavy atom. The van der Waals surface area contributed by atoms with Crippen molar-refractivity contribution in [3.63, 3.8) is 0 Å². The molecule has 1 unspecified atom stereocenters. The number of ether oxygens (including phenoxy) is 1. The summed E-state index contributed by atoms with van der Waals surface area (Å²) in [4.78, 5) is 12.9. The van der Waals surface area contributed by atoms with E-state index in [4.69, 9.17) is 4.74 Å². The first kappa shape index (κ1) is 22.6. The van der Waals surface area contributed by atoms with E-state index in [2.05, 4.69) is 5.32 Å². The molecule has 31 heavy (non-hydrogen) atoms. The fraction of sp³-hybridized carbons (Fsp3) is 0.240. The Bertz CT molecular complexity index is 1140. The Hall–Kier alpha value is -3.12. The zero-order valence-electron chi connectivity index (χ0n) is 18.0. The van der Waals surface area contributed by atoms with Gasteiger partial charge in [-0.3, -0.25) is 4.79 Å². The Kier molecular flexibility index (Phi) is 7.13. The Balaban J connectivity index is 1.61. The summed E-state index contributed by atoms with van der Waals surface area (Å²) in [5.41, 5.74) is 3.22. The first-order valence-corrected chi connectivity index (χ1v) is 11.7. The second-order valence-corrected chi connectivity index (χ2v) is 9.69. The molecule has 1 N–H and O–H groups in total. The van der Waals surface area contributed by atoms with Crippen LogP contribution in [0, 0.1) is 6.92 Å². The lowest BCUT2D eigenvalue weighted by atomic mass is 10.1. The number of carbonyl (C=O) groups is 1. The summed E-state index contributed by atoms with van der Waals surface area (Å²) >= 11 is 0. The number of sulfone groups is 1. The van der Waals surface area contributed by atoms with Crippen molar-refractivity contribution in [2.45, 2.75) is 37.0 Å². The van der Waals surface area contributed by atoms with E-state index in [1.54, 1.807) is 55.6 Å². The van der Waals surface area contributed by atoms with Gasteiger partial charge < -0.3 is 10.1 Å². The van der Waals surface area contributed by atoms with Gasteiger partial charge in [0.2, 0.25) is 0 Å². The molecular weight excluding hydrogens is 410 g/mol. The maximum atomic E-state index is 12.6. The van der Waals surface area contributed by atoms with Crippen LogP contribution in [0.5, 0.6) is 5.75 Å². The van der Waals surface area contributed by atoms with E-state index in [0.717, 1.165) is 16.9 Å². The van der Waals surface area contributed by atoms with Crippen LogP contribution in [0.3, 0.4) is 0 Å². The first-order chi connectivity index (χ1) is 14.8. The molecule has 0 aliphatic heterocycles. The van der Waals surface area contributed by atoms with Gasteiger partial charge in [-0.2, -0.15) is 0 Å². The molecule has 1 atom stereocenters. The standard InChI is InChI=1S/C25H27NO4S/c1-18-7-13-24(14-8-18)31(28,29)17-20-9-11-22(12-10-20)25(27)26-19(2)15-21-5-4-6-23(16-21)30-3/h4-14,16,19H,15,17H2,1-3H3,(H,26,27). The van der Waals surface area contributed by atoms with Crippen LogP contribution in [-0.4, -0.2) is 27.5 Å². The molecule has 3 rings (SSSR count). The highest BCUT2D eigenvalue weighted by atomic mass is 32.2. The summed E-state index contributed by atoms with van der Waals surface area (Å²) in [7, 11) is -1.81. The molecule has 3 aromatic rings. The number of hydrogen-bond donors (Lipinski definition) is 1. The van der Waals surface area contributed by atoms with Gasteiger partial charge in [-0.25, -0.2) is 8.42 Å². The van der Waals surface area contributed by atoms with E-state index < -0.39 is 9.84 Å². The Morgan fingerprint density at radius 2 is 1.65 bits per heavy atom. The minimum absolute atomic E-state index is 0.0683. The zero-order chi connectivity index (χ0) is 22.4. The number of benzene rings is 3. The quantitative estimate of drug-likeness (QED) is 0.569. The molecule has 0 aliphatic carbocycles. The van der Waals surface area contributed by atoms with Crippen molar-refractivity contribution in [3.8, 4) is 5.75 Å². The monoisotopic (exact) mass is 437 g/mol. The summed E-state index contributed by atoms with van der Waals surface area (Å²) in [6, 6.07) is 21.2. The molecule has 0 bridgehead atoms. The third kappa shape index (κ3) is 6.18. The molecule has 0 radical (unpaired) electrons. The van der Waals surface area contributed by atoms with Crippen LogP contribution in [0.15, 0.2) is 77.7 Å². The number of methoxy groups -OCH3 is 1. The van der Waals surface area contributed by atoms with E-state index >= 15 is 0 Å². The van der Waals surface area contributed by atoms with Crippen molar-refractivity contribution < 1.29 is 17.9 Å². The summed E-state index contributed by atoms with van der Waals surface area (Å²) in [6.45, 7) is 3.86. The van der Waals surface area contributed by atoms with Gasteiger partial charge in [-0.15, -0.1) is 0 Å². The van der Waals surface area contributed by atoms with Gasteiger partial charge in [0, 0.05) is 11.6 Å². The van der Waals surface area contributed by atoms with Crippen LogP contribution in [-0.2, 0) is 22.0 Å². The average Bonchev–Trinajstić information content (AvgIpc) is 2.74. The number of rotatable bonds is 8. The minimum atomic E-state index is -3.43. The molecule has 1 amide bonds. The van der Waals surface area contributed by atoms with Crippen LogP contribution >= 0.6 is 0 Å². The molecule has 5 nitrogen and oxygen atoms in total. The molecule has 3 aromatic carbocycles. The third-order valence-electron chi connectivity index (χ3n) is 5.01. The fourth-order valence-corrected chi connectivity index (χ4v) is 4.66. The van der Waals surface area contributed by atoms with Crippen molar-refractivity contribution in [3.05, 3.63) is 95.1 Å². The summed E-state index contributed by atoms with van der Waals surface area (Å²) in [5.74, 6) is 0.486. The second-order valence-electron chi connectivity index (χ2n) is 7.70. The van der Waals surface area contributed by atoms with Crippen molar-refractivity contribution in [1.82, 2.24) is 5.32 Å². The number of hydrogen-bond acceptors (Lipinski definition) is 4. The van der Waals surface area contributed by atoms with E-state index in [1.807, 2.05) is 38.1 Å². The SMILES string of the molecule is COc1cccc(CC(C)NC(=O)c2ccc(CS(=O)(=O)c3ccc(C)cc3)cc2)c1. The molecule has 0 spiro atoms. The molecule has 0 aromatic heterocycles. The van der Waals surface area contributed by atoms with Gasteiger partial charge in [0.05, 0.1) is 17.8 Å². The predicted octanol–water partition coefficient (Wildman–Crippen LogP) is 4.34. The highest BCUT2D eigenvalue weighted by Gasteiger charge is 2.16. The maximum Gasteiger partial charge on any atom is 0.251 e. The molecule has 0 heterocycles. The lowest BCUT2D eigenvalue weighted by Crippen LogP contribution is -2.34. The molecule has 0 aliphatic rings. The number of amides is 1. The first-order valence-electron chi connectivity index (χ1n) is 10.1. The van der Waals surface area contributed by atoms with Gasteiger partial charge in [0.15, 0.2) is 9.84 Å². The van der Waals surface area contributed by atoms with Crippen molar-refractivity contribution >= 4 is 15.7 Å². The van der Waals surface area contributed by atoms with Gasteiger partial charge in [0.1, 0.15) is 5.75 Å². The number of aryl methyl sites for hydroxylation is 1. The van der Waals surface area contributed by atoms with Crippen molar-refractivity contribution in [2.24, 2.45) is 0 Å². The van der Waals surface area contributed by atoms with Gasteiger partial charge >= 0.3 is 0 Å². The Labute approximate surface area is 184 Å². The third-order valence-corrected chi connectivity index (χ3v) is 6.71. The minimum Gasteiger partial charge on any atom is -0.497 e. The average molecular weight is 438 g/mol. The molecule has 6 heteroatoms. The van der Waals surface area contributed by atoms with E-state index in [9.17, 15) is 13.2 Å². The molecule has 0 saturated heterocycles. The van der Waals surface area contributed by atoms with Crippen molar-refractivity contribution in [1.29, 1.82) is 0 Å². The fourth-order valence-electron chi connectivity index (χ4n) is 3.31. The van der Waals surface area contributed by atoms with E-state index in [-0.39, 0.29) is 17.7 Å².